The monoisotopic (exact) mass is 286 g/mol. The Kier molecular flexibility index (Phi) is 3.60. The largest absolute Gasteiger partial charge is 0.374 e. The van der Waals surface area contributed by atoms with E-state index >= 15 is 0 Å². The Morgan fingerprint density at radius 3 is 2.16 bits per heavy atom. The van der Waals surface area contributed by atoms with Crippen LogP contribution in [0, 0.1) is 0 Å². The highest BCUT2D eigenvalue weighted by Crippen LogP contribution is 2.36. The van der Waals surface area contributed by atoms with Crippen molar-refractivity contribution < 1.29 is 17.1 Å². The number of hydrogen-bond acceptors (Lipinski definition) is 3. The summed E-state index contributed by atoms with van der Waals surface area (Å²) < 4.78 is 35.3. The molecule has 0 bridgehead atoms. The van der Waals surface area contributed by atoms with Gasteiger partial charge in [-0.2, -0.15) is 12.7 Å². The third kappa shape index (κ3) is 2.62. The molecule has 0 spiro atoms. The molecule has 1 aliphatic rings. The predicted molar refractivity (Wildman–Crippen MR) is 68.1 cm³/mol. The van der Waals surface area contributed by atoms with Crippen molar-refractivity contribution in [1.82, 2.24) is 4.31 Å². The molecule has 7 heteroatoms. The molecule has 0 saturated carbocycles. The third-order valence-corrected chi connectivity index (χ3v) is 4.66. The molecule has 1 aromatic rings. The fourth-order valence-electron chi connectivity index (χ4n) is 2.52. The van der Waals surface area contributed by atoms with Crippen molar-refractivity contribution in [3.8, 4) is 0 Å². The molecule has 2 rings (SSSR count). The molecule has 0 aliphatic carbocycles. The first-order valence-electron chi connectivity index (χ1n) is 5.91. The molecule has 5 nitrogen and oxygen atoms in total. The van der Waals surface area contributed by atoms with Crippen molar-refractivity contribution in [2.24, 2.45) is 5.73 Å². The van der Waals surface area contributed by atoms with Gasteiger partial charge in [0.25, 0.3) is 0 Å². The maximum absolute atomic E-state index is 12.9. The predicted octanol–water partition coefficient (Wildman–Crippen LogP) is 0.720. The fraction of sp³-hybridized carbons (Fsp3) is 0.417. The summed E-state index contributed by atoms with van der Waals surface area (Å²) in [4.78, 5) is 11.8. The van der Waals surface area contributed by atoms with Crippen molar-refractivity contribution in [2.75, 3.05) is 13.1 Å². The maximum atomic E-state index is 12.9. The lowest BCUT2D eigenvalue weighted by atomic mass is 9.72. The lowest BCUT2D eigenvalue weighted by molar-refractivity contribution is -0.125. The Morgan fingerprint density at radius 2 is 1.74 bits per heavy atom. The highest BCUT2D eigenvalue weighted by molar-refractivity contribution is 7.83. The molecule has 1 heterocycles. The van der Waals surface area contributed by atoms with E-state index in [-0.39, 0.29) is 25.9 Å². The molecule has 2 N–H and O–H groups in total. The molecule has 0 atom stereocenters. The normalized spacial score (nSPS) is 20.1. The van der Waals surface area contributed by atoms with Gasteiger partial charge in [-0.3, -0.25) is 4.79 Å². The van der Waals surface area contributed by atoms with E-state index in [1.54, 1.807) is 24.3 Å². The second kappa shape index (κ2) is 4.90. The summed E-state index contributed by atoms with van der Waals surface area (Å²) in [6, 6.07) is 8.96. The van der Waals surface area contributed by atoms with Gasteiger partial charge in [-0.05, 0) is 18.4 Å². The van der Waals surface area contributed by atoms with Gasteiger partial charge in [0.05, 0.1) is 5.41 Å². The zero-order chi connectivity index (χ0) is 14.1. The van der Waals surface area contributed by atoms with Crippen molar-refractivity contribution >= 4 is 16.3 Å². The summed E-state index contributed by atoms with van der Waals surface area (Å²) in [6.07, 6.45) is 0.380. The third-order valence-electron chi connectivity index (χ3n) is 3.68. The molecule has 1 fully saturated rings. The molecule has 19 heavy (non-hydrogen) atoms. The number of carbonyl (C=O) groups excluding carboxylic acids is 1. The summed E-state index contributed by atoms with van der Waals surface area (Å²) >= 11 is 0. The summed E-state index contributed by atoms with van der Waals surface area (Å²) in [5.41, 5.74) is 5.32. The smallest absolute Gasteiger partial charge is 0.369 e. The SMILES string of the molecule is NC(=O)C1(c2ccccc2)CCN(S(=O)(=O)F)CC1. The number of primary amides is 1. The molecule has 1 saturated heterocycles. The zero-order valence-corrected chi connectivity index (χ0v) is 11.1. The number of rotatable bonds is 3. The van der Waals surface area contributed by atoms with Crippen LogP contribution < -0.4 is 5.73 Å². The standard InChI is InChI=1S/C12H15FN2O3S/c13-19(17,18)15-8-6-12(7-9-15,11(14)16)10-4-2-1-3-5-10/h1-5H,6-9H2,(H2,14,16). The first-order chi connectivity index (χ1) is 8.86. The Hall–Kier alpha value is -1.47. The van der Waals surface area contributed by atoms with Crippen molar-refractivity contribution in [3.05, 3.63) is 35.9 Å². The fourth-order valence-corrected chi connectivity index (χ4v) is 3.14. The molecule has 1 amide bonds. The van der Waals surface area contributed by atoms with Gasteiger partial charge in [0.2, 0.25) is 5.91 Å². The van der Waals surface area contributed by atoms with Crippen LogP contribution in [0.1, 0.15) is 18.4 Å². The second-order valence-electron chi connectivity index (χ2n) is 4.65. The Labute approximate surface area is 111 Å². The summed E-state index contributed by atoms with van der Waals surface area (Å²) in [5.74, 6) is -0.505. The van der Waals surface area contributed by atoms with Gasteiger partial charge in [0.1, 0.15) is 0 Å². The van der Waals surface area contributed by atoms with Crippen molar-refractivity contribution in [3.63, 3.8) is 0 Å². The minimum absolute atomic E-state index is 0.0450. The van der Waals surface area contributed by atoms with Gasteiger partial charge in [-0.25, -0.2) is 0 Å². The molecule has 104 valence electrons. The van der Waals surface area contributed by atoms with E-state index in [0.717, 1.165) is 9.87 Å². The van der Waals surface area contributed by atoms with Crippen LogP contribution in [0.4, 0.5) is 3.89 Å². The van der Waals surface area contributed by atoms with E-state index in [1.807, 2.05) is 6.07 Å². The molecular weight excluding hydrogens is 271 g/mol. The van der Waals surface area contributed by atoms with Gasteiger partial charge in [0.15, 0.2) is 0 Å². The molecular formula is C12H15FN2O3S. The van der Waals surface area contributed by atoms with Crippen LogP contribution in [0.15, 0.2) is 30.3 Å². The summed E-state index contributed by atoms with van der Waals surface area (Å²) in [5, 5.41) is 0. The van der Waals surface area contributed by atoms with Crippen LogP contribution in [-0.2, 0) is 20.6 Å². The van der Waals surface area contributed by atoms with Gasteiger partial charge in [-0.15, -0.1) is 0 Å². The molecule has 1 aromatic carbocycles. The number of amides is 1. The van der Waals surface area contributed by atoms with Crippen molar-refractivity contribution in [2.45, 2.75) is 18.3 Å². The van der Waals surface area contributed by atoms with Crippen LogP contribution >= 0.6 is 0 Å². The van der Waals surface area contributed by atoms with E-state index in [0.29, 0.717) is 0 Å². The number of carbonyl (C=O) groups is 1. The number of benzene rings is 1. The van der Waals surface area contributed by atoms with Gasteiger partial charge >= 0.3 is 10.4 Å². The molecule has 0 aromatic heterocycles. The highest BCUT2D eigenvalue weighted by atomic mass is 32.3. The van der Waals surface area contributed by atoms with E-state index in [9.17, 15) is 17.1 Å². The minimum atomic E-state index is -4.70. The van der Waals surface area contributed by atoms with Crippen LogP contribution in [-0.4, -0.2) is 31.7 Å². The second-order valence-corrected chi connectivity index (χ2v) is 5.99. The van der Waals surface area contributed by atoms with Crippen LogP contribution in [0.3, 0.4) is 0 Å². The lowest BCUT2D eigenvalue weighted by Gasteiger charge is -2.38. The number of hydrogen-bond donors (Lipinski definition) is 1. The maximum Gasteiger partial charge on any atom is 0.374 e. The number of piperidine rings is 1. The van der Waals surface area contributed by atoms with Gasteiger partial charge in [0, 0.05) is 13.1 Å². The van der Waals surface area contributed by atoms with E-state index in [4.69, 9.17) is 5.73 Å². The minimum Gasteiger partial charge on any atom is -0.369 e. The zero-order valence-electron chi connectivity index (χ0n) is 10.3. The lowest BCUT2D eigenvalue weighted by Crippen LogP contribution is -2.50. The topological polar surface area (TPSA) is 80.5 Å². The van der Waals surface area contributed by atoms with E-state index in [2.05, 4.69) is 0 Å². The molecule has 0 unspecified atom stereocenters. The number of halogens is 1. The summed E-state index contributed by atoms with van der Waals surface area (Å²) in [6.45, 7) is -0.0899. The van der Waals surface area contributed by atoms with Crippen LogP contribution in [0.25, 0.3) is 0 Å². The first-order valence-corrected chi connectivity index (χ1v) is 7.25. The summed E-state index contributed by atoms with van der Waals surface area (Å²) in [7, 11) is -4.70. The Morgan fingerprint density at radius 1 is 1.21 bits per heavy atom. The van der Waals surface area contributed by atoms with E-state index < -0.39 is 21.7 Å². The Balaban J connectivity index is 2.29. The average Bonchev–Trinajstić information content (AvgIpc) is 2.38. The van der Waals surface area contributed by atoms with Gasteiger partial charge < -0.3 is 5.73 Å². The number of nitrogens with zero attached hydrogens (tertiary/aromatic N) is 1. The van der Waals surface area contributed by atoms with Gasteiger partial charge in [-0.1, -0.05) is 34.2 Å². The van der Waals surface area contributed by atoms with E-state index in [1.165, 1.54) is 0 Å². The molecule has 0 radical (unpaired) electrons. The van der Waals surface area contributed by atoms with Crippen molar-refractivity contribution in [1.29, 1.82) is 0 Å². The van der Waals surface area contributed by atoms with Crippen LogP contribution in [0.2, 0.25) is 0 Å². The quantitative estimate of drug-likeness (QED) is 0.831. The molecule has 1 aliphatic heterocycles. The average molecular weight is 286 g/mol. The number of nitrogens with two attached hydrogens (primary N) is 1. The highest BCUT2D eigenvalue weighted by Gasteiger charge is 2.43. The van der Waals surface area contributed by atoms with Crippen LogP contribution in [0.5, 0.6) is 0 Å². The first kappa shape index (κ1) is 14.0. The Bertz CT molecular complexity index is 566.